The van der Waals surface area contributed by atoms with Crippen molar-refractivity contribution in [3.8, 4) is 11.5 Å². The minimum Gasteiger partial charge on any atom is -0.493 e. The molecule has 0 fully saturated rings. The van der Waals surface area contributed by atoms with E-state index in [2.05, 4.69) is 4.90 Å². The molecule has 3 rings (SSSR count). The van der Waals surface area contributed by atoms with Crippen molar-refractivity contribution in [1.82, 2.24) is 4.90 Å². The van der Waals surface area contributed by atoms with Crippen molar-refractivity contribution >= 4 is 0 Å². The van der Waals surface area contributed by atoms with Crippen molar-refractivity contribution in [3.05, 3.63) is 58.9 Å². The molecule has 134 valence electrons. The van der Waals surface area contributed by atoms with E-state index in [4.69, 9.17) is 15.2 Å². The summed E-state index contributed by atoms with van der Waals surface area (Å²) in [5.41, 5.74) is 9.68. The van der Waals surface area contributed by atoms with E-state index in [0.29, 0.717) is 12.3 Å². The van der Waals surface area contributed by atoms with Crippen LogP contribution < -0.4 is 15.2 Å². The standard InChI is InChI=1S/C20H25FN2O2/c1-13(22)20-17-11-19(25-3)18(24-2)10-15(17)7-8-23(20)12-14-5-4-6-16(21)9-14/h4-6,9-11,13,20H,7-8,12,22H2,1-3H3/t13-,20-/m1/s1. The Balaban J connectivity index is 1.96. The second kappa shape index (κ2) is 7.42. The predicted octanol–water partition coefficient (Wildman–Crippen LogP) is 3.29. The second-order valence-electron chi connectivity index (χ2n) is 6.56. The van der Waals surface area contributed by atoms with Gasteiger partial charge in [0.15, 0.2) is 11.5 Å². The van der Waals surface area contributed by atoms with E-state index in [9.17, 15) is 4.39 Å². The number of hydrogen-bond donors (Lipinski definition) is 1. The number of nitrogens with zero attached hydrogens (tertiary/aromatic N) is 1. The van der Waals surface area contributed by atoms with Crippen LogP contribution in [0.2, 0.25) is 0 Å². The molecule has 0 aliphatic carbocycles. The lowest BCUT2D eigenvalue weighted by atomic mass is 9.88. The summed E-state index contributed by atoms with van der Waals surface area (Å²) in [5.74, 6) is 1.24. The number of benzene rings is 2. The van der Waals surface area contributed by atoms with Gasteiger partial charge in [-0.25, -0.2) is 4.39 Å². The van der Waals surface area contributed by atoms with Crippen molar-refractivity contribution in [2.24, 2.45) is 5.73 Å². The quantitative estimate of drug-likeness (QED) is 0.904. The van der Waals surface area contributed by atoms with Crippen LogP contribution in [-0.4, -0.2) is 31.7 Å². The van der Waals surface area contributed by atoms with Gasteiger partial charge in [0.2, 0.25) is 0 Å². The number of ether oxygens (including phenoxy) is 2. The van der Waals surface area contributed by atoms with Crippen LogP contribution in [0.1, 0.15) is 29.7 Å². The minimum absolute atomic E-state index is 0.0480. The highest BCUT2D eigenvalue weighted by Crippen LogP contribution is 2.39. The Morgan fingerprint density at radius 2 is 1.92 bits per heavy atom. The third-order valence-corrected chi connectivity index (χ3v) is 4.80. The van der Waals surface area contributed by atoms with Crippen LogP contribution in [0.4, 0.5) is 4.39 Å². The molecule has 2 aromatic carbocycles. The summed E-state index contributed by atoms with van der Waals surface area (Å²) >= 11 is 0. The zero-order valence-electron chi connectivity index (χ0n) is 15.0. The smallest absolute Gasteiger partial charge is 0.161 e. The van der Waals surface area contributed by atoms with Gasteiger partial charge in [-0.15, -0.1) is 0 Å². The Bertz CT molecular complexity index is 748. The van der Waals surface area contributed by atoms with Gasteiger partial charge >= 0.3 is 0 Å². The molecule has 0 unspecified atom stereocenters. The number of methoxy groups -OCH3 is 2. The first-order chi connectivity index (χ1) is 12.0. The van der Waals surface area contributed by atoms with Crippen LogP contribution >= 0.6 is 0 Å². The Labute approximate surface area is 148 Å². The largest absolute Gasteiger partial charge is 0.493 e. The third kappa shape index (κ3) is 3.62. The SMILES string of the molecule is COc1cc2c(cc1OC)[C@@H]([C@@H](C)N)N(Cc1cccc(F)c1)CC2. The van der Waals surface area contributed by atoms with Crippen molar-refractivity contribution in [3.63, 3.8) is 0 Å². The molecule has 0 saturated heterocycles. The van der Waals surface area contributed by atoms with Crippen LogP contribution in [0, 0.1) is 5.82 Å². The van der Waals surface area contributed by atoms with Crippen LogP contribution in [0.15, 0.2) is 36.4 Å². The van der Waals surface area contributed by atoms with Gasteiger partial charge < -0.3 is 15.2 Å². The van der Waals surface area contributed by atoms with E-state index >= 15 is 0 Å². The number of hydrogen-bond acceptors (Lipinski definition) is 4. The average molecular weight is 344 g/mol. The predicted molar refractivity (Wildman–Crippen MR) is 96.5 cm³/mol. The van der Waals surface area contributed by atoms with Crippen molar-refractivity contribution in [2.75, 3.05) is 20.8 Å². The summed E-state index contributed by atoms with van der Waals surface area (Å²) in [4.78, 5) is 2.31. The third-order valence-electron chi connectivity index (χ3n) is 4.80. The van der Waals surface area contributed by atoms with Crippen LogP contribution in [0.25, 0.3) is 0 Å². The number of fused-ring (bicyclic) bond motifs is 1. The van der Waals surface area contributed by atoms with E-state index in [-0.39, 0.29) is 17.9 Å². The topological polar surface area (TPSA) is 47.7 Å². The highest BCUT2D eigenvalue weighted by molar-refractivity contribution is 5.49. The summed E-state index contributed by atoms with van der Waals surface area (Å²) in [6, 6.07) is 10.8. The van der Waals surface area contributed by atoms with Crippen LogP contribution in [-0.2, 0) is 13.0 Å². The first-order valence-corrected chi connectivity index (χ1v) is 8.52. The lowest BCUT2D eigenvalue weighted by molar-refractivity contribution is 0.155. The van der Waals surface area contributed by atoms with E-state index in [1.807, 2.05) is 25.1 Å². The number of rotatable bonds is 5. The molecule has 2 N–H and O–H groups in total. The van der Waals surface area contributed by atoms with Gasteiger partial charge in [0.05, 0.1) is 20.3 Å². The van der Waals surface area contributed by atoms with Crippen molar-refractivity contribution in [2.45, 2.75) is 32.0 Å². The van der Waals surface area contributed by atoms with Crippen LogP contribution in [0.5, 0.6) is 11.5 Å². The molecule has 2 aromatic rings. The fourth-order valence-corrected chi connectivity index (χ4v) is 3.69. The van der Waals surface area contributed by atoms with Gasteiger partial charge in [-0.2, -0.15) is 0 Å². The molecule has 0 spiro atoms. The van der Waals surface area contributed by atoms with E-state index in [0.717, 1.165) is 29.8 Å². The van der Waals surface area contributed by atoms with E-state index in [1.54, 1.807) is 26.4 Å². The monoisotopic (exact) mass is 344 g/mol. The summed E-state index contributed by atoms with van der Waals surface area (Å²) in [7, 11) is 3.28. The van der Waals surface area contributed by atoms with Gasteiger partial charge in [-0.1, -0.05) is 12.1 Å². The molecule has 0 saturated carbocycles. The molecule has 1 aliphatic rings. The molecule has 25 heavy (non-hydrogen) atoms. The number of halogens is 1. The maximum Gasteiger partial charge on any atom is 0.161 e. The molecule has 0 bridgehead atoms. The highest BCUT2D eigenvalue weighted by atomic mass is 19.1. The maximum absolute atomic E-state index is 13.5. The average Bonchev–Trinajstić information content (AvgIpc) is 2.60. The van der Waals surface area contributed by atoms with E-state index < -0.39 is 0 Å². The normalized spacial score (nSPS) is 18.5. The zero-order chi connectivity index (χ0) is 18.0. The minimum atomic E-state index is -0.210. The Morgan fingerprint density at radius 1 is 1.20 bits per heavy atom. The zero-order valence-corrected chi connectivity index (χ0v) is 15.0. The fraction of sp³-hybridized carbons (Fsp3) is 0.400. The van der Waals surface area contributed by atoms with E-state index in [1.165, 1.54) is 11.6 Å². The summed E-state index contributed by atoms with van der Waals surface area (Å²) in [5, 5.41) is 0. The molecule has 0 amide bonds. The number of nitrogens with two attached hydrogens (primary N) is 1. The molecule has 0 radical (unpaired) electrons. The van der Waals surface area contributed by atoms with Crippen LogP contribution in [0.3, 0.4) is 0 Å². The van der Waals surface area contributed by atoms with Crippen molar-refractivity contribution in [1.29, 1.82) is 0 Å². The lowest BCUT2D eigenvalue weighted by Gasteiger charge is -2.40. The summed E-state index contributed by atoms with van der Waals surface area (Å²) < 4.78 is 24.4. The first-order valence-electron chi connectivity index (χ1n) is 8.52. The molecule has 5 heteroatoms. The molecule has 4 nitrogen and oxygen atoms in total. The Kier molecular flexibility index (Phi) is 5.25. The maximum atomic E-state index is 13.5. The van der Waals surface area contributed by atoms with Crippen molar-refractivity contribution < 1.29 is 13.9 Å². The van der Waals surface area contributed by atoms with Gasteiger partial charge in [-0.3, -0.25) is 4.90 Å². The Morgan fingerprint density at radius 3 is 2.56 bits per heavy atom. The van der Waals surface area contributed by atoms with Gasteiger partial charge in [0.1, 0.15) is 5.82 Å². The van der Waals surface area contributed by atoms with Gasteiger partial charge in [0.25, 0.3) is 0 Å². The van der Waals surface area contributed by atoms with Gasteiger partial charge in [-0.05, 0) is 54.3 Å². The molecule has 0 aromatic heterocycles. The Hall–Kier alpha value is -2.11. The van der Waals surface area contributed by atoms with Gasteiger partial charge in [0, 0.05) is 19.1 Å². The lowest BCUT2D eigenvalue weighted by Crippen LogP contribution is -2.43. The summed E-state index contributed by atoms with van der Waals surface area (Å²) in [6.45, 7) is 3.54. The molecule has 1 aliphatic heterocycles. The second-order valence-corrected chi connectivity index (χ2v) is 6.56. The molecule has 1 heterocycles. The molecular weight excluding hydrogens is 319 g/mol. The summed E-state index contributed by atoms with van der Waals surface area (Å²) in [6.07, 6.45) is 0.897. The molecule has 2 atom stereocenters. The fourth-order valence-electron chi connectivity index (χ4n) is 3.69. The first kappa shape index (κ1) is 17.7. The molecular formula is C20H25FN2O2. The highest BCUT2D eigenvalue weighted by Gasteiger charge is 2.31.